The lowest BCUT2D eigenvalue weighted by atomic mass is 10.1. The highest BCUT2D eigenvalue weighted by Crippen LogP contribution is 2.12. The number of carbonyl (C=O) groups excluding carboxylic acids is 1. The Labute approximate surface area is 163 Å². The van der Waals surface area contributed by atoms with Crippen LogP contribution in [0.4, 0.5) is 0 Å². The molecule has 1 amide bonds. The lowest BCUT2D eigenvalue weighted by Gasteiger charge is -2.22. The van der Waals surface area contributed by atoms with Crippen molar-refractivity contribution in [3.63, 3.8) is 0 Å². The third kappa shape index (κ3) is 6.49. The molecule has 1 aliphatic rings. The normalized spacial score (nSPS) is 16.0. The predicted octanol–water partition coefficient (Wildman–Crippen LogP) is 2.86. The molecule has 1 saturated heterocycles. The van der Waals surface area contributed by atoms with Crippen molar-refractivity contribution in [2.45, 2.75) is 26.3 Å². The molecule has 1 aliphatic heterocycles. The summed E-state index contributed by atoms with van der Waals surface area (Å²) in [4.78, 5) is 17.1. The van der Waals surface area contributed by atoms with Crippen LogP contribution in [-0.4, -0.2) is 55.0 Å². The molecule has 1 fully saturated rings. The van der Waals surface area contributed by atoms with Gasteiger partial charge in [-0.2, -0.15) is 0 Å². The minimum absolute atomic E-state index is 0.137. The zero-order chi connectivity index (χ0) is 18.9. The maximum atomic E-state index is 12.3. The fourth-order valence-corrected chi connectivity index (χ4v) is 3.62. The van der Waals surface area contributed by atoms with Crippen LogP contribution in [0.5, 0.6) is 0 Å². The van der Waals surface area contributed by atoms with Crippen LogP contribution in [0.2, 0.25) is 0 Å². The lowest BCUT2D eigenvalue weighted by Crippen LogP contribution is -2.39. The predicted molar refractivity (Wildman–Crippen MR) is 111 cm³/mol. The van der Waals surface area contributed by atoms with Gasteiger partial charge in [0.15, 0.2) is 0 Å². The quantitative estimate of drug-likeness (QED) is 0.820. The molecule has 144 valence electrons. The summed E-state index contributed by atoms with van der Waals surface area (Å²) in [5, 5.41) is 3.06. The van der Waals surface area contributed by atoms with Crippen LogP contribution in [0.1, 0.15) is 23.1 Å². The van der Waals surface area contributed by atoms with Gasteiger partial charge < -0.3 is 5.32 Å². The van der Waals surface area contributed by atoms with Gasteiger partial charge in [0.2, 0.25) is 5.91 Å². The van der Waals surface area contributed by atoms with Gasteiger partial charge in [0.1, 0.15) is 0 Å². The first-order valence-corrected chi connectivity index (χ1v) is 10.0. The number of nitrogens with zero attached hydrogens (tertiary/aromatic N) is 2. The molecule has 1 N–H and O–H groups in total. The maximum Gasteiger partial charge on any atom is 0.234 e. The second-order valence-corrected chi connectivity index (χ2v) is 7.42. The van der Waals surface area contributed by atoms with Gasteiger partial charge in [-0.25, -0.2) is 0 Å². The molecule has 0 aliphatic carbocycles. The molecule has 2 aromatic rings. The number of amides is 1. The Bertz CT molecular complexity index is 717. The molecule has 4 nitrogen and oxygen atoms in total. The number of nitrogens with one attached hydrogen (secondary N) is 1. The summed E-state index contributed by atoms with van der Waals surface area (Å²) in [5.74, 6) is 0.137. The average Bonchev–Trinajstić information content (AvgIpc) is 2.90. The van der Waals surface area contributed by atoms with Crippen LogP contribution in [0.3, 0.4) is 0 Å². The highest BCUT2D eigenvalue weighted by molar-refractivity contribution is 5.78. The molecule has 0 aromatic heterocycles. The SMILES string of the molecule is Cc1ccccc1CN1CCCN(CC(=O)NCCc2ccccc2)CC1. The van der Waals surface area contributed by atoms with Crippen LogP contribution in [0, 0.1) is 6.92 Å². The summed E-state index contributed by atoms with van der Waals surface area (Å²) in [6.07, 6.45) is 2.00. The van der Waals surface area contributed by atoms with E-state index in [-0.39, 0.29) is 5.91 Å². The molecule has 0 radical (unpaired) electrons. The van der Waals surface area contributed by atoms with E-state index < -0.39 is 0 Å². The first-order valence-electron chi connectivity index (χ1n) is 10.0. The van der Waals surface area contributed by atoms with E-state index in [1.807, 2.05) is 18.2 Å². The summed E-state index contributed by atoms with van der Waals surface area (Å²) in [5.41, 5.74) is 4.03. The Morgan fingerprint density at radius 2 is 1.63 bits per heavy atom. The zero-order valence-corrected chi connectivity index (χ0v) is 16.4. The van der Waals surface area contributed by atoms with Gasteiger partial charge in [0.25, 0.3) is 0 Å². The fourth-order valence-electron chi connectivity index (χ4n) is 3.62. The molecule has 0 unspecified atom stereocenters. The van der Waals surface area contributed by atoms with Crippen molar-refractivity contribution in [3.05, 3.63) is 71.3 Å². The van der Waals surface area contributed by atoms with Crippen molar-refractivity contribution in [1.29, 1.82) is 0 Å². The largest absolute Gasteiger partial charge is 0.355 e. The molecule has 0 bridgehead atoms. The van der Waals surface area contributed by atoms with Gasteiger partial charge >= 0.3 is 0 Å². The van der Waals surface area contributed by atoms with Gasteiger partial charge in [-0.05, 0) is 49.5 Å². The number of rotatable bonds is 7. The third-order valence-electron chi connectivity index (χ3n) is 5.28. The van der Waals surface area contributed by atoms with Crippen molar-refractivity contribution in [2.75, 3.05) is 39.3 Å². The van der Waals surface area contributed by atoms with E-state index in [1.54, 1.807) is 0 Å². The van der Waals surface area contributed by atoms with Gasteiger partial charge in [-0.15, -0.1) is 0 Å². The summed E-state index contributed by atoms with van der Waals surface area (Å²) in [7, 11) is 0. The Morgan fingerprint density at radius 3 is 2.44 bits per heavy atom. The summed E-state index contributed by atoms with van der Waals surface area (Å²) in [6, 6.07) is 18.9. The maximum absolute atomic E-state index is 12.3. The van der Waals surface area contributed by atoms with E-state index in [0.717, 1.165) is 45.6 Å². The first-order chi connectivity index (χ1) is 13.2. The Kier molecular flexibility index (Phi) is 7.43. The second kappa shape index (κ2) is 10.2. The highest BCUT2D eigenvalue weighted by atomic mass is 16.2. The van der Waals surface area contributed by atoms with Gasteiger partial charge in [-0.1, -0.05) is 54.6 Å². The van der Waals surface area contributed by atoms with Crippen LogP contribution in [0.25, 0.3) is 0 Å². The second-order valence-electron chi connectivity index (χ2n) is 7.42. The molecular weight excluding hydrogens is 334 g/mol. The number of hydrogen-bond donors (Lipinski definition) is 1. The standard InChI is InChI=1S/C23H31N3O/c1-20-8-5-6-11-22(20)18-25-14-7-15-26(17-16-25)19-23(27)24-13-12-21-9-3-2-4-10-21/h2-6,8-11H,7,12-19H2,1H3,(H,24,27). The van der Waals surface area contributed by atoms with Crippen molar-refractivity contribution < 1.29 is 4.79 Å². The van der Waals surface area contributed by atoms with Crippen molar-refractivity contribution in [3.8, 4) is 0 Å². The van der Waals surface area contributed by atoms with Crippen LogP contribution < -0.4 is 5.32 Å². The number of benzene rings is 2. The smallest absolute Gasteiger partial charge is 0.234 e. The highest BCUT2D eigenvalue weighted by Gasteiger charge is 2.17. The van der Waals surface area contributed by atoms with E-state index in [9.17, 15) is 4.79 Å². The molecule has 3 rings (SSSR count). The van der Waals surface area contributed by atoms with Crippen molar-refractivity contribution in [1.82, 2.24) is 15.1 Å². The molecule has 0 saturated carbocycles. The van der Waals surface area contributed by atoms with Gasteiger partial charge in [0.05, 0.1) is 6.54 Å². The Hall–Kier alpha value is -2.17. The Balaban J connectivity index is 1.39. The summed E-state index contributed by atoms with van der Waals surface area (Å²) in [6.45, 7) is 8.46. The zero-order valence-electron chi connectivity index (χ0n) is 16.4. The average molecular weight is 366 g/mol. The summed E-state index contributed by atoms with van der Waals surface area (Å²) >= 11 is 0. The molecule has 4 heteroatoms. The van der Waals surface area contributed by atoms with E-state index in [1.165, 1.54) is 16.7 Å². The molecule has 0 atom stereocenters. The monoisotopic (exact) mass is 365 g/mol. The minimum Gasteiger partial charge on any atom is -0.355 e. The van der Waals surface area contributed by atoms with E-state index >= 15 is 0 Å². The number of carbonyl (C=O) groups is 1. The van der Waals surface area contributed by atoms with Crippen LogP contribution in [-0.2, 0) is 17.8 Å². The van der Waals surface area contributed by atoms with E-state index in [4.69, 9.17) is 0 Å². The van der Waals surface area contributed by atoms with E-state index in [2.05, 4.69) is 58.4 Å². The topological polar surface area (TPSA) is 35.6 Å². The van der Waals surface area contributed by atoms with Crippen LogP contribution >= 0.6 is 0 Å². The lowest BCUT2D eigenvalue weighted by molar-refractivity contribution is -0.122. The first kappa shape index (κ1) is 19.6. The van der Waals surface area contributed by atoms with Gasteiger partial charge in [-0.3, -0.25) is 14.6 Å². The molecular formula is C23H31N3O. The van der Waals surface area contributed by atoms with Crippen molar-refractivity contribution >= 4 is 5.91 Å². The van der Waals surface area contributed by atoms with Crippen molar-refractivity contribution in [2.24, 2.45) is 0 Å². The minimum atomic E-state index is 0.137. The molecule has 2 aromatic carbocycles. The van der Waals surface area contributed by atoms with E-state index in [0.29, 0.717) is 13.1 Å². The Morgan fingerprint density at radius 1 is 0.926 bits per heavy atom. The van der Waals surface area contributed by atoms with Crippen LogP contribution in [0.15, 0.2) is 54.6 Å². The number of hydrogen-bond acceptors (Lipinski definition) is 3. The molecule has 0 spiro atoms. The van der Waals surface area contributed by atoms with Gasteiger partial charge in [0, 0.05) is 26.2 Å². The number of aryl methyl sites for hydroxylation is 1. The third-order valence-corrected chi connectivity index (χ3v) is 5.28. The molecule has 27 heavy (non-hydrogen) atoms. The fraction of sp³-hybridized carbons (Fsp3) is 0.435. The molecule has 1 heterocycles. The summed E-state index contributed by atoms with van der Waals surface area (Å²) < 4.78 is 0.